The lowest BCUT2D eigenvalue weighted by Crippen LogP contribution is -2.42. The maximum absolute atomic E-state index is 12.8. The van der Waals surface area contributed by atoms with Crippen molar-refractivity contribution in [2.24, 2.45) is 5.92 Å². The maximum atomic E-state index is 12.8. The first-order chi connectivity index (χ1) is 10.8. The Kier molecular flexibility index (Phi) is 5.12. The number of piperidine rings is 1. The van der Waals surface area contributed by atoms with Crippen LogP contribution < -0.4 is 4.74 Å². The molecule has 2 rings (SSSR count). The number of carboxylic acids is 1. The van der Waals surface area contributed by atoms with Gasteiger partial charge in [0.1, 0.15) is 5.75 Å². The van der Waals surface area contributed by atoms with Crippen LogP contribution in [-0.2, 0) is 15.8 Å². The van der Waals surface area contributed by atoms with E-state index in [0.717, 1.165) is 12.1 Å². The molecule has 8 heteroatoms. The van der Waals surface area contributed by atoms with Gasteiger partial charge in [0.05, 0.1) is 11.5 Å². The minimum atomic E-state index is -4.56. The van der Waals surface area contributed by atoms with Crippen molar-refractivity contribution in [2.45, 2.75) is 19.0 Å². The third kappa shape index (κ3) is 4.37. The predicted octanol–water partition coefficient (Wildman–Crippen LogP) is 2.41. The van der Waals surface area contributed by atoms with Gasteiger partial charge in [-0.05, 0) is 25.0 Å². The van der Waals surface area contributed by atoms with Crippen LogP contribution in [0.3, 0.4) is 0 Å². The van der Waals surface area contributed by atoms with Gasteiger partial charge in [-0.2, -0.15) is 13.2 Å². The number of carboxylic acid groups (broad SMARTS) is 1. The molecule has 1 aromatic rings. The SMILES string of the molecule is O=C(O)C1CCN(C(=O)COc2ccccc2C(F)(F)F)CC1. The Morgan fingerprint density at radius 1 is 1.22 bits per heavy atom. The van der Waals surface area contributed by atoms with Crippen molar-refractivity contribution in [3.05, 3.63) is 29.8 Å². The molecule has 0 atom stereocenters. The first-order valence-electron chi connectivity index (χ1n) is 7.08. The van der Waals surface area contributed by atoms with Crippen LogP contribution in [0, 0.1) is 5.92 Å². The van der Waals surface area contributed by atoms with Crippen LogP contribution in [0.15, 0.2) is 24.3 Å². The van der Waals surface area contributed by atoms with Crippen LogP contribution in [0.2, 0.25) is 0 Å². The summed E-state index contributed by atoms with van der Waals surface area (Å²) in [6.45, 7) is 0.0188. The van der Waals surface area contributed by atoms with Gasteiger partial charge < -0.3 is 14.7 Å². The summed E-state index contributed by atoms with van der Waals surface area (Å²) in [5, 5.41) is 8.89. The smallest absolute Gasteiger partial charge is 0.419 e. The standard InChI is InChI=1S/C15H16F3NO4/c16-15(17,18)11-3-1-2-4-12(11)23-9-13(20)19-7-5-10(6-8-19)14(21)22/h1-4,10H,5-9H2,(H,21,22). The number of para-hydroxylation sites is 1. The molecule has 1 aromatic carbocycles. The minimum absolute atomic E-state index is 0.264. The summed E-state index contributed by atoms with van der Waals surface area (Å²) in [6.07, 6.45) is -3.89. The predicted molar refractivity (Wildman–Crippen MR) is 73.9 cm³/mol. The van der Waals surface area contributed by atoms with Crippen molar-refractivity contribution in [3.8, 4) is 5.75 Å². The second kappa shape index (κ2) is 6.89. The molecular weight excluding hydrogens is 315 g/mol. The topological polar surface area (TPSA) is 66.8 Å². The Morgan fingerprint density at radius 2 is 1.83 bits per heavy atom. The van der Waals surface area contributed by atoms with E-state index in [1.165, 1.54) is 17.0 Å². The lowest BCUT2D eigenvalue weighted by atomic mass is 9.97. The van der Waals surface area contributed by atoms with Crippen molar-refractivity contribution >= 4 is 11.9 Å². The number of carbonyl (C=O) groups is 2. The van der Waals surface area contributed by atoms with E-state index in [1.54, 1.807) is 0 Å². The monoisotopic (exact) mass is 331 g/mol. The van der Waals surface area contributed by atoms with Crippen LogP contribution in [-0.4, -0.2) is 41.6 Å². The van der Waals surface area contributed by atoms with Crippen LogP contribution in [0.5, 0.6) is 5.75 Å². The Balaban J connectivity index is 1.92. The number of aliphatic carboxylic acids is 1. The van der Waals surface area contributed by atoms with Gasteiger partial charge in [-0.15, -0.1) is 0 Å². The molecule has 1 N–H and O–H groups in total. The van der Waals surface area contributed by atoms with Gasteiger partial charge in [0.2, 0.25) is 0 Å². The molecule has 5 nitrogen and oxygen atoms in total. The minimum Gasteiger partial charge on any atom is -0.483 e. The Labute approximate surface area is 130 Å². The van der Waals surface area contributed by atoms with Gasteiger partial charge in [-0.3, -0.25) is 9.59 Å². The van der Waals surface area contributed by atoms with Gasteiger partial charge in [0, 0.05) is 13.1 Å². The van der Waals surface area contributed by atoms with Crippen molar-refractivity contribution in [3.63, 3.8) is 0 Å². The number of halogens is 3. The molecular formula is C15H16F3NO4. The first-order valence-corrected chi connectivity index (χ1v) is 7.08. The summed E-state index contributed by atoms with van der Waals surface area (Å²) in [7, 11) is 0. The van der Waals surface area contributed by atoms with Crippen molar-refractivity contribution in [1.82, 2.24) is 4.90 Å². The molecule has 0 radical (unpaired) electrons. The molecule has 1 saturated heterocycles. The summed E-state index contributed by atoms with van der Waals surface area (Å²) < 4.78 is 43.5. The molecule has 1 amide bonds. The average molecular weight is 331 g/mol. The lowest BCUT2D eigenvalue weighted by Gasteiger charge is -2.30. The zero-order valence-corrected chi connectivity index (χ0v) is 12.2. The Hall–Kier alpha value is -2.25. The highest BCUT2D eigenvalue weighted by Crippen LogP contribution is 2.35. The van der Waals surface area contributed by atoms with Crippen LogP contribution in [0.4, 0.5) is 13.2 Å². The van der Waals surface area contributed by atoms with Gasteiger partial charge >= 0.3 is 12.1 Å². The molecule has 0 spiro atoms. The number of hydrogen-bond donors (Lipinski definition) is 1. The molecule has 1 aliphatic heterocycles. The molecule has 0 unspecified atom stereocenters. The van der Waals surface area contributed by atoms with E-state index in [2.05, 4.69) is 0 Å². The van der Waals surface area contributed by atoms with E-state index in [4.69, 9.17) is 9.84 Å². The number of likely N-dealkylation sites (tertiary alicyclic amines) is 1. The molecule has 0 saturated carbocycles. The van der Waals surface area contributed by atoms with Gasteiger partial charge in [0.15, 0.2) is 6.61 Å². The second-order valence-electron chi connectivity index (χ2n) is 5.28. The first kappa shape index (κ1) is 17.1. The number of alkyl halides is 3. The molecule has 0 aliphatic carbocycles. The second-order valence-corrected chi connectivity index (χ2v) is 5.28. The number of nitrogens with zero attached hydrogens (tertiary/aromatic N) is 1. The maximum Gasteiger partial charge on any atom is 0.419 e. The molecule has 1 heterocycles. The number of hydrogen-bond acceptors (Lipinski definition) is 3. The van der Waals surface area contributed by atoms with Crippen LogP contribution in [0.25, 0.3) is 0 Å². The number of ether oxygens (including phenoxy) is 1. The summed E-state index contributed by atoms with van der Waals surface area (Å²) in [6, 6.07) is 4.69. The largest absolute Gasteiger partial charge is 0.483 e. The Bertz CT molecular complexity index is 580. The molecule has 126 valence electrons. The number of amides is 1. The molecule has 0 bridgehead atoms. The zero-order chi connectivity index (χ0) is 17.0. The highest BCUT2D eigenvalue weighted by Gasteiger charge is 2.34. The summed E-state index contributed by atoms with van der Waals surface area (Å²) in [4.78, 5) is 24.2. The zero-order valence-electron chi connectivity index (χ0n) is 12.2. The van der Waals surface area contributed by atoms with E-state index in [-0.39, 0.29) is 13.1 Å². The number of benzene rings is 1. The van der Waals surface area contributed by atoms with Gasteiger partial charge in [0.25, 0.3) is 5.91 Å². The fourth-order valence-electron chi connectivity index (χ4n) is 2.43. The number of rotatable bonds is 4. The van der Waals surface area contributed by atoms with Crippen LogP contribution in [0.1, 0.15) is 18.4 Å². The van der Waals surface area contributed by atoms with Crippen molar-refractivity contribution in [2.75, 3.05) is 19.7 Å². The molecule has 0 aromatic heterocycles. The molecule has 1 aliphatic rings. The van der Waals surface area contributed by atoms with E-state index in [0.29, 0.717) is 12.8 Å². The van der Waals surface area contributed by atoms with E-state index in [9.17, 15) is 22.8 Å². The molecule has 23 heavy (non-hydrogen) atoms. The third-order valence-corrected chi connectivity index (χ3v) is 3.74. The quantitative estimate of drug-likeness (QED) is 0.920. The Morgan fingerprint density at radius 3 is 2.39 bits per heavy atom. The fraction of sp³-hybridized carbons (Fsp3) is 0.467. The molecule has 1 fully saturated rings. The summed E-state index contributed by atoms with van der Waals surface area (Å²) in [5.41, 5.74) is -0.933. The number of carbonyl (C=O) groups excluding carboxylic acids is 1. The van der Waals surface area contributed by atoms with Gasteiger partial charge in [-0.25, -0.2) is 0 Å². The fourth-order valence-corrected chi connectivity index (χ4v) is 2.43. The third-order valence-electron chi connectivity index (χ3n) is 3.74. The van der Waals surface area contributed by atoms with E-state index < -0.39 is 41.9 Å². The van der Waals surface area contributed by atoms with Crippen LogP contribution >= 0.6 is 0 Å². The van der Waals surface area contributed by atoms with Gasteiger partial charge in [-0.1, -0.05) is 12.1 Å². The highest BCUT2D eigenvalue weighted by molar-refractivity contribution is 5.78. The summed E-state index contributed by atoms with van der Waals surface area (Å²) in [5.74, 6) is -2.22. The average Bonchev–Trinajstić information content (AvgIpc) is 2.52. The van der Waals surface area contributed by atoms with Crippen molar-refractivity contribution in [1.29, 1.82) is 0 Å². The van der Waals surface area contributed by atoms with E-state index in [1.807, 2.05) is 0 Å². The van der Waals surface area contributed by atoms with E-state index >= 15 is 0 Å². The highest BCUT2D eigenvalue weighted by atomic mass is 19.4. The lowest BCUT2D eigenvalue weighted by molar-refractivity contribution is -0.146. The normalized spacial score (nSPS) is 16.2. The summed E-state index contributed by atoms with van der Waals surface area (Å²) >= 11 is 0. The van der Waals surface area contributed by atoms with Crippen molar-refractivity contribution < 1.29 is 32.6 Å².